The number of pyridine rings is 1. The predicted octanol–water partition coefficient (Wildman–Crippen LogP) is 4.92. The normalized spacial score (nSPS) is 18.0. The van der Waals surface area contributed by atoms with Crippen molar-refractivity contribution in [3.8, 4) is 11.6 Å². The molecule has 2 aliphatic rings. The lowest BCUT2D eigenvalue weighted by Gasteiger charge is -2.24. The fraction of sp³-hybridized carbons (Fsp3) is 0.286. The van der Waals surface area contributed by atoms with Gasteiger partial charge < -0.3 is 19.3 Å². The van der Waals surface area contributed by atoms with Gasteiger partial charge in [-0.05, 0) is 38.1 Å². The molecule has 2 aliphatic heterocycles. The molecule has 1 aromatic heterocycles. The molecule has 2 amide bonds. The first-order valence-electron chi connectivity index (χ1n) is 12.2. The van der Waals surface area contributed by atoms with E-state index in [1.54, 1.807) is 52.3 Å². The van der Waals surface area contributed by atoms with Gasteiger partial charge in [-0.2, -0.15) is 0 Å². The van der Waals surface area contributed by atoms with Crippen LogP contribution in [0.25, 0.3) is 0 Å². The maximum Gasteiger partial charge on any atom is 0.339 e. The molecule has 3 heterocycles. The SMILES string of the molecule is CCN(CC)C(=O)c1ccc(Oc2ccc(C(=O)N3CC[C@@]4(C3)OC(=O)c3ccccc34)c(Cl)c2)nc1. The van der Waals surface area contributed by atoms with E-state index in [2.05, 4.69) is 4.98 Å². The summed E-state index contributed by atoms with van der Waals surface area (Å²) in [5.74, 6) is 0.0205. The smallest absolute Gasteiger partial charge is 0.339 e. The van der Waals surface area contributed by atoms with E-state index in [1.165, 1.54) is 6.20 Å². The lowest BCUT2D eigenvalue weighted by atomic mass is 9.91. The highest BCUT2D eigenvalue weighted by molar-refractivity contribution is 6.34. The maximum absolute atomic E-state index is 13.3. The molecular weight excluding hydrogens is 494 g/mol. The summed E-state index contributed by atoms with van der Waals surface area (Å²) in [6.07, 6.45) is 2.01. The van der Waals surface area contributed by atoms with Crippen molar-refractivity contribution in [2.75, 3.05) is 26.2 Å². The van der Waals surface area contributed by atoms with E-state index in [9.17, 15) is 14.4 Å². The average molecular weight is 520 g/mol. The van der Waals surface area contributed by atoms with Gasteiger partial charge in [-0.15, -0.1) is 0 Å². The fourth-order valence-corrected chi connectivity index (χ4v) is 5.14. The highest BCUT2D eigenvalue weighted by atomic mass is 35.5. The first-order chi connectivity index (χ1) is 17.8. The van der Waals surface area contributed by atoms with E-state index in [0.717, 1.165) is 5.56 Å². The molecule has 8 nitrogen and oxygen atoms in total. The Morgan fingerprint density at radius 3 is 2.62 bits per heavy atom. The Labute approximate surface area is 219 Å². The number of benzene rings is 2. The monoisotopic (exact) mass is 519 g/mol. The zero-order chi connectivity index (χ0) is 26.2. The minimum absolute atomic E-state index is 0.0884. The van der Waals surface area contributed by atoms with Gasteiger partial charge in [-0.25, -0.2) is 9.78 Å². The van der Waals surface area contributed by atoms with Crippen LogP contribution < -0.4 is 4.74 Å². The van der Waals surface area contributed by atoms with Gasteiger partial charge in [0.1, 0.15) is 5.75 Å². The summed E-state index contributed by atoms with van der Waals surface area (Å²) in [5.41, 5.74) is 1.37. The number of nitrogens with zero attached hydrogens (tertiary/aromatic N) is 3. The molecule has 190 valence electrons. The first-order valence-corrected chi connectivity index (χ1v) is 12.6. The van der Waals surface area contributed by atoms with Crippen LogP contribution in [0.15, 0.2) is 60.8 Å². The number of aromatic nitrogens is 1. The molecular formula is C28H26ClN3O5. The van der Waals surface area contributed by atoms with Gasteiger partial charge in [0.15, 0.2) is 5.60 Å². The van der Waals surface area contributed by atoms with Crippen LogP contribution in [0.4, 0.5) is 0 Å². The Bertz CT molecular complexity index is 1370. The summed E-state index contributed by atoms with van der Waals surface area (Å²) in [6.45, 7) is 5.80. The summed E-state index contributed by atoms with van der Waals surface area (Å²) in [7, 11) is 0. The topological polar surface area (TPSA) is 89.0 Å². The number of carbonyl (C=O) groups is 3. The minimum atomic E-state index is -0.816. The molecule has 5 rings (SSSR count). The molecule has 1 atom stereocenters. The van der Waals surface area contributed by atoms with Crippen molar-refractivity contribution in [2.24, 2.45) is 0 Å². The quantitative estimate of drug-likeness (QED) is 0.429. The van der Waals surface area contributed by atoms with E-state index in [4.69, 9.17) is 21.1 Å². The first kappa shape index (κ1) is 24.8. The number of esters is 1. The molecule has 2 aromatic carbocycles. The van der Waals surface area contributed by atoms with E-state index in [1.807, 2.05) is 26.0 Å². The molecule has 0 saturated carbocycles. The van der Waals surface area contributed by atoms with E-state index in [0.29, 0.717) is 54.4 Å². The fourth-order valence-electron chi connectivity index (χ4n) is 4.89. The second kappa shape index (κ2) is 9.86. The van der Waals surface area contributed by atoms with Crippen LogP contribution in [0.5, 0.6) is 11.6 Å². The Morgan fingerprint density at radius 2 is 1.92 bits per heavy atom. The van der Waals surface area contributed by atoms with Crippen LogP contribution in [0, 0.1) is 0 Å². The third kappa shape index (κ3) is 4.53. The Hall–Kier alpha value is -3.91. The third-order valence-corrected chi connectivity index (χ3v) is 7.18. The van der Waals surface area contributed by atoms with Crippen molar-refractivity contribution in [2.45, 2.75) is 25.9 Å². The van der Waals surface area contributed by atoms with Crippen LogP contribution in [0.3, 0.4) is 0 Å². The standard InChI is InChI=1S/C28H26ClN3O5/c1-3-31(4-2)25(33)18-9-12-24(30-16-18)36-19-10-11-21(23(29)15-19)26(34)32-14-13-28(17-32)22-8-6-5-7-20(22)27(35)37-28/h5-12,15-16H,3-4,13-14,17H2,1-2H3/t28-/m0/s1. The van der Waals surface area contributed by atoms with E-state index < -0.39 is 5.60 Å². The van der Waals surface area contributed by atoms with Crippen molar-refractivity contribution in [3.63, 3.8) is 0 Å². The van der Waals surface area contributed by atoms with Gasteiger partial charge in [0.05, 0.1) is 28.3 Å². The van der Waals surface area contributed by atoms with Crippen LogP contribution in [-0.2, 0) is 10.3 Å². The molecule has 0 bridgehead atoms. The van der Waals surface area contributed by atoms with Crippen molar-refractivity contribution in [1.29, 1.82) is 0 Å². The molecule has 37 heavy (non-hydrogen) atoms. The Kier molecular flexibility index (Phi) is 6.60. The number of hydrogen-bond acceptors (Lipinski definition) is 6. The molecule has 0 unspecified atom stereocenters. The average Bonchev–Trinajstić information content (AvgIpc) is 3.46. The van der Waals surface area contributed by atoms with Gasteiger partial charge >= 0.3 is 5.97 Å². The molecule has 0 N–H and O–H groups in total. The summed E-state index contributed by atoms with van der Waals surface area (Å²) >= 11 is 6.47. The zero-order valence-corrected chi connectivity index (χ0v) is 21.3. The number of halogens is 1. The molecule has 0 aliphatic carbocycles. The van der Waals surface area contributed by atoms with Crippen molar-refractivity contribution >= 4 is 29.4 Å². The zero-order valence-electron chi connectivity index (χ0n) is 20.6. The summed E-state index contributed by atoms with van der Waals surface area (Å²) in [4.78, 5) is 45.7. The van der Waals surface area contributed by atoms with Gasteiger partial charge in [-0.3, -0.25) is 9.59 Å². The molecule has 0 radical (unpaired) electrons. The lowest BCUT2D eigenvalue weighted by molar-refractivity contribution is -0.00307. The molecule has 1 fully saturated rings. The molecule has 1 spiro atoms. The van der Waals surface area contributed by atoms with Crippen molar-refractivity contribution < 1.29 is 23.9 Å². The number of carbonyl (C=O) groups excluding carboxylic acids is 3. The number of fused-ring (bicyclic) bond motifs is 2. The van der Waals surface area contributed by atoms with Gasteiger partial charge in [0, 0.05) is 49.9 Å². The molecule has 9 heteroatoms. The minimum Gasteiger partial charge on any atom is -0.449 e. The summed E-state index contributed by atoms with van der Waals surface area (Å²) in [6, 6.07) is 15.4. The van der Waals surface area contributed by atoms with Crippen LogP contribution in [0.2, 0.25) is 5.02 Å². The number of ether oxygens (including phenoxy) is 2. The summed E-state index contributed by atoms with van der Waals surface area (Å²) in [5, 5.41) is 0.237. The van der Waals surface area contributed by atoms with Gasteiger partial charge in [-0.1, -0.05) is 29.8 Å². The lowest BCUT2D eigenvalue weighted by Crippen LogP contribution is -2.34. The van der Waals surface area contributed by atoms with Crippen molar-refractivity contribution in [1.82, 2.24) is 14.8 Å². The number of amides is 2. The van der Waals surface area contributed by atoms with Crippen LogP contribution in [0.1, 0.15) is 56.9 Å². The van der Waals surface area contributed by atoms with Crippen molar-refractivity contribution in [3.05, 3.63) is 88.1 Å². The largest absolute Gasteiger partial charge is 0.449 e. The number of hydrogen-bond donors (Lipinski definition) is 0. The van der Waals surface area contributed by atoms with E-state index >= 15 is 0 Å². The van der Waals surface area contributed by atoms with Gasteiger partial charge in [0.2, 0.25) is 5.88 Å². The highest BCUT2D eigenvalue weighted by Crippen LogP contribution is 2.43. The number of likely N-dealkylation sites (tertiary alicyclic amines) is 1. The van der Waals surface area contributed by atoms with Crippen LogP contribution >= 0.6 is 11.6 Å². The summed E-state index contributed by atoms with van der Waals surface area (Å²) < 4.78 is 11.5. The third-order valence-electron chi connectivity index (χ3n) is 6.87. The number of rotatable bonds is 6. The highest BCUT2D eigenvalue weighted by Gasteiger charge is 2.51. The van der Waals surface area contributed by atoms with Gasteiger partial charge in [0.25, 0.3) is 11.8 Å². The Morgan fingerprint density at radius 1 is 1.14 bits per heavy atom. The van der Waals surface area contributed by atoms with E-state index in [-0.39, 0.29) is 29.4 Å². The predicted molar refractivity (Wildman–Crippen MR) is 137 cm³/mol. The Balaban J connectivity index is 1.27. The molecule has 3 aromatic rings. The maximum atomic E-state index is 13.3. The molecule has 1 saturated heterocycles. The second-order valence-electron chi connectivity index (χ2n) is 9.01. The van der Waals surface area contributed by atoms with Crippen LogP contribution in [-0.4, -0.2) is 58.7 Å². The second-order valence-corrected chi connectivity index (χ2v) is 9.42.